The van der Waals surface area contributed by atoms with E-state index in [4.69, 9.17) is 0 Å². The summed E-state index contributed by atoms with van der Waals surface area (Å²) in [5, 5.41) is 17.4. The highest BCUT2D eigenvalue weighted by Crippen LogP contribution is 2.40. The summed E-state index contributed by atoms with van der Waals surface area (Å²) in [5.74, 6) is -0.629. The summed E-state index contributed by atoms with van der Waals surface area (Å²) < 4.78 is 0. The highest BCUT2D eigenvalue weighted by atomic mass is 16.4. The third-order valence-electron chi connectivity index (χ3n) is 6.61. The van der Waals surface area contributed by atoms with Crippen LogP contribution in [-0.4, -0.2) is 11.1 Å². The van der Waals surface area contributed by atoms with Gasteiger partial charge in [-0.15, -0.1) is 0 Å². The zero-order valence-corrected chi connectivity index (χ0v) is 15.9. The lowest BCUT2D eigenvalue weighted by Crippen LogP contribution is -2.35. The van der Waals surface area contributed by atoms with E-state index in [1.54, 1.807) is 0 Å². The lowest BCUT2D eigenvalue weighted by atomic mass is 9.70. The molecule has 28 heavy (non-hydrogen) atoms. The van der Waals surface area contributed by atoms with Crippen molar-refractivity contribution in [3.8, 4) is 0 Å². The van der Waals surface area contributed by atoms with Gasteiger partial charge in [-0.25, -0.2) is 0 Å². The van der Waals surface area contributed by atoms with Gasteiger partial charge in [-0.2, -0.15) is 0 Å². The van der Waals surface area contributed by atoms with E-state index in [1.807, 2.05) is 0 Å². The van der Waals surface area contributed by atoms with E-state index in [1.165, 1.54) is 32.3 Å². The molecule has 0 spiro atoms. The SMILES string of the molecule is O=C(O)C1(Cc2ccc3ccc4c5ccccc5ccc4c3c2)CCCCC1. The number of carboxylic acid groups (broad SMARTS) is 1. The van der Waals surface area contributed by atoms with E-state index in [0.29, 0.717) is 6.42 Å². The number of hydrogen-bond acceptors (Lipinski definition) is 1. The van der Waals surface area contributed by atoms with Crippen LogP contribution in [0.5, 0.6) is 0 Å². The minimum absolute atomic E-state index is 0.594. The van der Waals surface area contributed by atoms with Crippen molar-refractivity contribution in [1.82, 2.24) is 0 Å². The van der Waals surface area contributed by atoms with E-state index in [-0.39, 0.29) is 0 Å². The minimum atomic E-state index is -0.629. The van der Waals surface area contributed by atoms with Crippen molar-refractivity contribution in [3.63, 3.8) is 0 Å². The van der Waals surface area contributed by atoms with Crippen LogP contribution in [0, 0.1) is 5.41 Å². The summed E-state index contributed by atoms with van der Waals surface area (Å²) in [6.07, 6.45) is 5.41. The van der Waals surface area contributed by atoms with Gasteiger partial charge in [0.25, 0.3) is 0 Å². The van der Waals surface area contributed by atoms with Crippen LogP contribution >= 0.6 is 0 Å². The second-order valence-corrected chi connectivity index (χ2v) is 8.33. The molecular weight excluding hydrogens is 344 g/mol. The second kappa shape index (κ2) is 6.63. The number of carbonyl (C=O) groups is 1. The molecule has 0 radical (unpaired) electrons. The van der Waals surface area contributed by atoms with Gasteiger partial charge < -0.3 is 5.11 Å². The summed E-state index contributed by atoms with van der Waals surface area (Å²) >= 11 is 0. The average molecular weight is 368 g/mol. The summed E-state index contributed by atoms with van der Waals surface area (Å²) in [7, 11) is 0. The quantitative estimate of drug-likeness (QED) is 0.407. The van der Waals surface area contributed by atoms with E-state index >= 15 is 0 Å². The zero-order chi connectivity index (χ0) is 19.1. The van der Waals surface area contributed by atoms with Gasteiger partial charge >= 0.3 is 5.97 Å². The van der Waals surface area contributed by atoms with Crippen LogP contribution in [0.25, 0.3) is 32.3 Å². The fraction of sp³-hybridized carbons (Fsp3) is 0.269. The van der Waals surface area contributed by atoms with Crippen LogP contribution in [0.1, 0.15) is 37.7 Å². The van der Waals surface area contributed by atoms with Crippen molar-refractivity contribution in [2.24, 2.45) is 5.41 Å². The molecule has 0 amide bonds. The van der Waals surface area contributed by atoms with E-state index in [2.05, 4.69) is 66.7 Å². The summed E-state index contributed by atoms with van der Waals surface area (Å²) in [4.78, 5) is 12.1. The van der Waals surface area contributed by atoms with Gasteiger partial charge in [0, 0.05) is 0 Å². The third kappa shape index (κ3) is 2.75. The number of benzene rings is 4. The smallest absolute Gasteiger partial charge is 0.309 e. The topological polar surface area (TPSA) is 37.3 Å². The summed E-state index contributed by atoms with van der Waals surface area (Å²) in [6.45, 7) is 0. The van der Waals surface area contributed by atoms with Gasteiger partial charge in [-0.1, -0.05) is 86.0 Å². The standard InChI is InChI=1S/C26H24O2/c27-25(28)26(14-4-1-5-15-26)17-18-8-9-20-11-12-22-21-7-3-2-6-19(21)10-13-23(22)24(20)16-18/h2-3,6-13,16H,1,4-5,14-15,17H2,(H,27,28). The third-order valence-corrected chi connectivity index (χ3v) is 6.61. The molecule has 4 aromatic rings. The molecule has 0 aromatic heterocycles. The fourth-order valence-electron chi connectivity index (χ4n) is 5.06. The van der Waals surface area contributed by atoms with Crippen LogP contribution in [-0.2, 0) is 11.2 Å². The van der Waals surface area contributed by atoms with Crippen LogP contribution in [0.15, 0.2) is 66.7 Å². The first kappa shape index (κ1) is 17.2. The molecule has 1 saturated carbocycles. The van der Waals surface area contributed by atoms with Crippen molar-refractivity contribution in [2.45, 2.75) is 38.5 Å². The van der Waals surface area contributed by atoms with Crippen molar-refractivity contribution in [1.29, 1.82) is 0 Å². The zero-order valence-electron chi connectivity index (χ0n) is 15.9. The first-order valence-corrected chi connectivity index (χ1v) is 10.2. The Bertz CT molecular complexity index is 1200. The maximum atomic E-state index is 12.1. The number of carboxylic acids is 1. The molecule has 2 heteroatoms. The monoisotopic (exact) mass is 368 g/mol. The number of hydrogen-bond donors (Lipinski definition) is 1. The molecule has 1 fully saturated rings. The van der Waals surface area contributed by atoms with E-state index in [0.717, 1.165) is 37.7 Å². The predicted molar refractivity (Wildman–Crippen MR) is 116 cm³/mol. The molecule has 140 valence electrons. The van der Waals surface area contributed by atoms with Crippen LogP contribution in [0.4, 0.5) is 0 Å². The first-order valence-electron chi connectivity index (χ1n) is 10.2. The van der Waals surface area contributed by atoms with Gasteiger partial charge in [0.15, 0.2) is 0 Å². The lowest BCUT2D eigenvalue weighted by molar-refractivity contribution is -0.151. The minimum Gasteiger partial charge on any atom is -0.481 e. The number of fused-ring (bicyclic) bond motifs is 5. The molecule has 4 aromatic carbocycles. The molecule has 0 saturated heterocycles. The van der Waals surface area contributed by atoms with Gasteiger partial charge in [0.05, 0.1) is 5.41 Å². The predicted octanol–water partition coefficient (Wildman–Crippen LogP) is 6.72. The van der Waals surface area contributed by atoms with Crippen molar-refractivity contribution in [3.05, 3.63) is 72.3 Å². The molecule has 0 aliphatic heterocycles. The number of rotatable bonds is 3. The maximum absolute atomic E-state index is 12.1. The Labute approximate surface area is 164 Å². The highest BCUT2D eigenvalue weighted by molar-refractivity contribution is 6.17. The molecule has 0 unspecified atom stereocenters. The lowest BCUT2D eigenvalue weighted by Gasteiger charge is -2.33. The molecule has 5 rings (SSSR count). The molecule has 0 bridgehead atoms. The Hall–Kier alpha value is -2.87. The van der Waals surface area contributed by atoms with Crippen LogP contribution in [0.2, 0.25) is 0 Å². The molecule has 0 heterocycles. The van der Waals surface area contributed by atoms with Crippen molar-refractivity contribution < 1.29 is 9.90 Å². The van der Waals surface area contributed by atoms with Crippen LogP contribution in [0.3, 0.4) is 0 Å². The number of aliphatic carboxylic acids is 1. The summed E-state index contributed by atoms with van der Waals surface area (Å²) in [6, 6.07) is 23.8. The Morgan fingerprint density at radius 2 is 1.39 bits per heavy atom. The molecule has 1 N–H and O–H groups in total. The largest absolute Gasteiger partial charge is 0.481 e. The van der Waals surface area contributed by atoms with Crippen molar-refractivity contribution >= 4 is 38.3 Å². The highest BCUT2D eigenvalue weighted by Gasteiger charge is 2.39. The van der Waals surface area contributed by atoms with Gasteiger partial charge in [-0.3, -0.25) is 4.79 Å². The molecular formula is C26H24O2. The van der Waals surface area contributed by atoms with Gasteiger partial charge in [0.1, 0.15) is 0 Å². The molecule has 1 aliphatic rings. The molecule has 1 aliphatic carbocycles. The maximum Gasteiger partial charge on any atom is 0.309 e. The fourth-order valence-corrected chi connectivity index (χ4v) is 5.06. The Morgan fingerprint density at radius 1 is 0.750 bits per heavy atom. The van der Waals surface area contributed by atoms with E-state index < -0.39 is 11.4 Å². The molecule has 0 atom stereocenters. The van der Waals surface area contributed by atoms with Crippen LogP contribution < -0.4 is 0 Å². The van der Waals surface area contributed by atoms with E-state index in [9.17, 15) is 9.90 Å². The average Bonchev–Trinajstić information content (AvgIpc) is 2.74. The normalized spacial score (nSPS) is 16.6. The Morgan fingerprint density at radius 3 is 2.14 bits per heavy atom. The first-order chi connectivity index (χ1) is 13.7. The second-order valence-electron chi connectivity index (χ2n) is 8.33. The molecule has 2 nitrogen and oxygen atoms in total. The van der Waals surface area contributed by atoms with Gasteiger partial charge in [-0.05, 0) is 57.1 Å². The van der Waals surface area contributed by atoms with Gasteiger partial charge in [0.2, 0.25) is 0 Å². The summed E-state index contributed by atoms with van der Waals surface area (Å²) in [5.41, 5.74) is 0.542. The Balaban J connectivity index is 1.66. The Kier molecular flexibility index (Phi) is 4.08. The van der Waals surface area contributed by atoms with Crippen molar-refractivity contribution in [2.75, 3.05) is 0 Å².